The highest BCUT2D eigenvalue weighted by atomic mass is 16.5. The predicted molar refractivity (Wildman–Crippen MR) is 50.7 cm³/mol. The second kappa shape index (κ2) is 4.82. The zero-order chi connectivity index (χ0) is 9.68. The SMILES string of the molecule is Cc1ncccc1OCC(C)CO. The summed E-state index contributed by atoms with van der Waals surface area (Å²) in [7, 11) is 0. The summed E-state index contributed by atoms with van der Waals surface area (Å²) in [6.45, 7) is 4.52. The summed E-state index contributed by atoms with van der Waals surface area (Å²) in [4.78, 5) is 4.10. The Balaban J connectivity index is 2.50. The molecule has 0 aliphatic rings. The van der Waals surface area contributed by atoms with Crippen LogP contribution in [0.3, 0.4) is 0 Å². The fraction of sp³-hybridized carbons (Fsp3) is 0.500. The van der Waals surface area contributed by atoms with Crippen molar-refractivity contribution in [3.05, 3.63) is 24.0 Å². The van der Waals surface area contributed by atoms with Crippen LogP contribution in [0.25, 0.3) is 0 Å². The molecule has 0 fully saturated rings. The number of nitrogens with zero attached hydrogens (tertiary/aromatic N) is 1. The quantitative estimate of drug-likeness (QED) is 0.763. The summed E-state index contributed by atoms with van der Waals surface area (Å²) >= 11 is 0. The van der Waals surface area contributed by atoms with Gasteiger partial charge in [0.05, 0.1) is 12.3 Å². The van der Waals surface area contributed by atoms with E-state index in [9.17, 15) is 0 Å². The van der Waals surface area contributed by atoms with Crippen molar-refractivity contribution < 1.29 is 9.84 Å². The first-order valence-electron chi connectivity index (χ1n) is 4.39. The molecule has 0 spiro atoms. The van der Waals surface area contributed by atoms with Gasteiger partial charge in [0.1, 0.15) is 5.75 Å². The molecule has 0 aromatic carbocycles. The zero-order valence-electron chi connectivity index (χ0n) is 8.03. The largest absolute Gasteiger partial charge is 0.491 e. The molecule has 1 N–H and O–H groups in total. The van der Waals surface area contributed by atoms with Crippen molar-refractivity contribution in [2.24, 2.45) is 5.92 Å². The molecule has 13 heavy (non-hydrogen) atoms. The van der Waals surface area contributed by atoms with Crippen molar-refractivity contribution in [1.82, 2.24) is 4.98 Å². The first-order valence-corrected chi connectivity index (χ1v) is 4.39. The van der Waals surface area contributed by atoms with Crippen LogP contribution >= 0.6 is 0 Å². The van der Waals surface area contributed by atoms with Gasteiger partial charge in [0.15, 0.2) is 0 Å². The van der Waals surface area contributed by atoms with Crippen molar-refractivity contribution in [1.29, 1.82) is 0 Å². The van der Waals surface area contributed by atoms with Crippen LogP contribution in [-0.4, -0.2) is 23.3 Å². The fourth-order valence-electron chi connectivity index (χ4n) is 0.907. The Morgan fingerprint density at radius 1 is 1.62 bits per heavy atom. The molecule has 0 aliphatic carbocycles. The molecule has 1 heterocycles. The van der Waals surface area contributed by atoms with E-state index in [-0.39, 0.29) is 12.5 Å². The maximum Gasteiger partial charge on any atom is 0.140 e. The Morgan fingerprint density at radius 3 is 3.00 bits per heavy atom. The van der Waals surface area contributed by atoms with E-state index < -0.39 is 0 Å². The van der Waals surface area contributed by atoms with Crippen LogP contribution in [0, 0.1) is 12.8 Å². The topological polar surface area (TPSA) is 42.4 Å². The van der Waals surface area contributed by atoms with Gasteiger partial charge in [0.25, 0.3) is 0 Å². The molecule has 72 valence electrons. The minimum Gasteiger partial charge on any atom is -0.491 e. The molecule has 0 saturated carbocycles. The van der Waals surface area contributed by atoms with E-state index in [1.807, 2.05) is 26.0 Å². The summed E-state index contributed by atoms with van der Waals surface area (Å²) < 4.78 is 5.47. The van der Waals surface area contributed by atoms with E-state index in [2.05, 4.69) is 4.98 Å². The molecule has 0 radical (unpaired) electrons. The number of aromatic nitrogens is 1. The van der Waals surface area contributed by atoms with E-state index in [1.165, 1.54) is 0 Å². The lowest BCUT2D eigenvalue weighted by Crippen LogP contribution is -2.12. The lowest BCUT2D eigenvalue weighted by atomic mass is 10.2. The van der Waals surface area contributed by atoms with Crippen LogP contribution in [0.1, 0.15) is 12.6 Å². The third kappa shape index (κ3) is 3.03. The summed E-state index contributed by atoms with van der Waals surface area (Å²) in [5, 5.41) is 8.79. The van der Waals surface area contributed by atoms with E-state index in [1.54, 1.807) is 6.20 Å². The molecule has 1 rings (SSSR count). The van der Waals surface area contributed by atoms with Crippen LogP contribution in [0.5, 0.6) is 5.75 Å². The average molecular weight is 181 g/mol. The number of aliphatic hydroxyl groups is 1. The van der Waals surface area contributed by atoms with Gasteiger partial charge in [-0.15, -0.1) is 0 Å². The van der Waals surface area contributed by atoms with E-state index in [4.69, 9.17) is 9.84 Å². The monoisotopic (exact) mass is 181 g/mol. The minimum atomic E-state index is 0.152. The zero-order valence-corrected chi connectivity index (χ0v) is 8.03. The molecule has 1 unspecified atom stereocenters. The third-order valence-electron chi connectivity index (χ3n) is 1.79. The average Bonchev–Trinajstić information content (AvgIpc) is 2.16. The van der Waals surface area contributed by atoms with Crippen LogP contribution in [0.15, 0.2) is 18.3 Å². The maximum absolute atomic E-state index is 8.79. The van der Waals surface area contributed by atoms with E-state index >= 15 is 0 Å². The van der Waals surface area contributed by atoms with Crippen molar-refractivity contribution in [2.45, 2.75) is 13.8 Å². The number of aliphatic hydroxyl groups excluding tert-OH is 1. The van der Waals surface area contributed by atoms with Gasteiger partial charge in [-0.3, -0.25) is 4.98 Å². The molecule has 0 aliphatic heterocycles. The normalized spacial score (nSPS) is 12.5. The first kappa shape index (κ1) is 9.99. The van der Waals surface area contributed by atoms with Gasteiger partial charge in [-0.2, -0.15) is 0 Å². The highest BCUT2D eigenvalue weighted by Gasteiger charge is 2.03. The molecule has 0 amide bonds. The van der Waals surface area contributed by atoms with E-state index in [0.29, 0.717) is 6.61 Å². The van der Waals surface area contributed by atoms with Gasteiger partial charge in [0.2, 0.25) is 0 Å². The Labute approximate surface area is 78.4 Å². The number of ether oxygens (including phenoxy) is 1. The van der Waals surface area contributed by atoms with E-state index in [0.717, 1.165) is 11.4 Å². The summed E-state index contributed by atoms with van der Waals surface area (Å²) in [5.74, 6) is 0.961. The maximum atomic E-state index is 8.79. The third-order valence-corrected chi connectivity index (χ3v) is 1.79. The van der Waals surface area contributed by atoms with Crippen molar-refractivity contribution in [3.8, 4) is 5.75 Å². The predicted octanol–water partition coefficient (Wildman–Crippen LogP) is 1.40. The molecular formula is C10H15NO2. The van der Waals surface area contributed by atoms with Crippen LogP contribution in [0.2, 0.25) is 0 Å². The van der Waals surface area contributed by atoms with Crippen LogP contribution in [0.4, 0.5) is 0 Å². The highest BCUT2D eigenvalue weighted by molar-refractivity contribution is 5.25. The van der Waals surface area contributed by atoms with Gasteiger partial charge >= 0.3 is 0 Å². The van der Waals surface area contributed by atoms with Gasteiger partial charge in [-0.25, -0.2) is 0 Å². The lowest BCUT2D eigenvalue weighted by molar-refractivity contribution is 0.173. The van der Waals surface area contributed by atoms with Crippen molar-refractivity contribution >= 4 is 0 Å². The number of aryl methyl sites for hydroxylation is 1. The minimum absolute atomic E-state index is 0.152. The van der Waals surface area contributed by atoms with Crippen LogP contribution < -0.4 is 4.74 Å². The number of pyridine rings is 1. The highest BCUT2D eigenvalue weighted by Crippen LogP contribution is 2.14. The number of rotatable bonds is 4. The molecular weight excluding hydrogens is 166 g/mol. The lowest BCUT2D eigenvalue weighted by Gasteiger charge is -2.11. The molecule has 0 bridgehead atoms. The summed E-state index contributed by atoms with van der Waals surface area (Å²) in [5.41, 5.74) is 0.882. The standard InChI is InChI=1S/C10H15NO2/c1-8(6-12)7-13-10-4-3-5-11-9(10)2/h3-5,8,12H,6-7H2,1-2H3. The molecule has 1 aromatic heterocycles. The Kier molecular flexibility index (Phi) is 3.71. The molecule has 1 aromatic rings. The van der Waals surface area contributed by atoms with Gasteiger partial charge in [-0.05, 0) is 19.1 Å². The summed E-state index contributed by atoms with van der Waals surface area (Å²) in [6.07, 6.45) is 1.73. The molecule has 0 saturated heterocycles. The molecule has 3 nitrogen and oxygen atoms in total. The second-order valence-electron chi connectivity index (χ2n) is 3.19. The Bertz CT molecular complexity index is 263. The number of hydrogen-bond donors (Lipinski definition) is 1. The van der Waals surface area contributed by atoms with Crippen molar-refractivity contribution in [2.75, 3.05) is 13.2 Å². The fourth-order valence-corrected chi connectivity index (χ4v) is 0.907. The van der Waals surface area contributed by atoms with Crippen LogP contribution in [-0.2, 0) is 0 Å². The second-order valence-corrected chi connectivity index (χ2v) is 3.19. The first-order chi connectivity index (χ1) is 6.24. The van der Waals surface area contributed by atoms with Gasteiger partial charge < -0.3 is 9.84 Å². The number of hydrogen-bond acceptors (Lipinski definition) is 3. The Morgan fingerprint density at radius 2 is 2.38 bits per heavy atom. The Hall–Kier alpha value is -1.09. The summed E-state index contributed by atoms with van der Waals surface area (Å²) in [6, 6.07) is 3.72. The van der Waals surface area contributed by atoms with Crippen molar-refractivity contribution in [3.63, 3.8) is 0 Å². The van der Waals surface area contributed by atoms with Gasteiger partial charge in [0, 0.05) is 18.7 Å². The van der Waals surface area contributed by atoms with Gasteiger partial charge in [-0.1, -0.05) is 6.92 Å². The smallest absolute Gasteiger partial charge is 0.140 e. The molecule has 1 atom stereocenters. The molecule has 3 heteroatoms.